The zero-order valence-corrected chi connectivity index (χ0v) is 9.87. The lowest BCUT2D eigenvalue weighted by Gasteiger charge is -2.03. The van der Waals surface area contributed by atoms with Gasteiger partial charge in [-0.05, 0) is 22.9 Å². The Balaban J connectivity index is 2.66. The minimum atomic E-state index is -0.182. The number of nitrogens with one attached hydrogen (secondary N) is 1. The van der Waals surface area contributed by atoms with Crippen LogP contribution >= 0.6 is 15.9 Å². The molecule has 0 aliphatic carbocycles. The number of halogens is 1. The summed E-state index contributed by atoms with van der Waals surface area (Å²) in [6.45, 7) is 1.78. The molecule has 5 nitrogen and oxygen atoms in total. The van der Waals surface area contributed by atoms with Gasteiger partial charge in [-0.1, -0.05) is 0 Å². The van der Waals surface area contributed by atoms with E-state index >= 15 is 0 Å². The van der Waals surface area contributed by atoms with Crippen molar-refractivity contribution in [3.8, 4) is 11.5 Å². The molecule has 0 saturated carbocycles. The third-order valence-electron chi connectivity index (χ3n) is 2.09. The van der Waals surface area contributed by atoms with E-state index in [0.29, 0.717) is 16.0 Å². The molecule has 0 atom stereocenters. The van der Waals surface area contributed by atoms with E-state index in [4.69, 9.17) is 0 Å². The number of nitrogens with zero attached hydrogens (tertiary/aromatic N) is 3. The van der Waals surface area contributed by atoms with E-state index in [1.165, 1.54) is 0 Å². The average Bonchev–Trinajstić information content (AvgIpc) is 2.60. The van der Waals surface area contributed by atoms with Crippen LogP contribution in [-0.2, 0) is 7.05 Å². The van der Waals surface area contributed by atoms with E-state index in [9.17, 15) is 4.79 Å². The first-order valence-electron chi connectivity index (χ1n) is 4.32. The second-order valence-electron chi connectivity index (χ2n) is 3.20. The molecule has 0 unspecified atom stereocenters. The molecule has 2 heterocycles. The van der Waals surface area contributed by atoms with Gasteiger partial charge < -0.3 is 9.55 Å². The Morgan fingerprint density at radius 3 is 2.80 bits per heavy atom. The predicted molar refractivity (Wildman–Crippen MR) is 59.5 cm³/mol. The third-order valence-corrected chi connectivity index (χ3v) is 3.02. The van der Waals surface area contributed by atoms with Crippen LogP contribution < -0.4 is 5.56 Å². The number of aryl methyl sites for hydroxylation is 2. The molecule has 2 rings (SSSR count). The van der Waals surface area contributed by atoms with Crippen molar-refractivity contribution in [1.82, 2.24) is 19.5 Å². The zero-order valence-electron chi connectivity index (χ0n) is 8.28. The lowest BCUT2D eigenvalue weighted by molar-refractivity contribution is 0.901. The van der Waals surface area contributed by atoms with Gasteiger partial charge in [-0.3, -0.25) is 4.79 Å². The fraction of sp³-hybridized carbons (Fsp3) is 0.222. The van der Waals surface area contributed by atoms with Crippen LogP contribution in [0, 0.1) is 6.92 Å². The Bertz CT molecular complexity index is 557. The highest BCUT2D eigenvalue weighted by Gasteiger charge is 2.09. The average molecular weight is 269 g/mol. The number of hydrogen-bond acceptors (Lipinski definition) is 3. The maximum absolute atomic E-state index is 11.5. The third kappa shape index (κ3) is 1.72. The summed E-state index contributed by atoms with van der Waals surface area (Å²) in [5.74, 6) is 0.528. The Morgan fingerprint density at radius 2 is 2.27 bits per heavy atom. The normalized spacial score (nSPS) is 10.6. The number of hydrogen-bond donors (Lipinski definition) is 1. The van der Waals surface area contributed by atoms with Crippen molar-refractivity contribution in [2.24, 2.45) is 7.05 Å². The summed E-state index contributed by atoms with van der Waals surface area (Å²) in [5.41, 5.74) is 1.26. The van der Waals surface area contributed by atoms with Crippen molar-refractivity contribution in [3.05, 3.63) is 33.0 Å². The fourth-order valence-corrected chi connectivity index (χ4v) is 1.47. The quantitative estimate of drug-likeness (QED) is 0.847. The summed E-state index contributed by atoms with van der Waals surface area (Å²) in [5, 5.41) is 0. The van der Waals surface area contributed by atoms with Crippen LogP contribution in [0.15, 0.2) is 21.8 Å². The van der Waals surface area contributed by atoms with Gasteiger partial charge in [0, 0.05) is 7.05 Å². The Labute approximate surface area is 94.3 Å². The van der Waals surface area contributed by atoms with Gasteiger partial charge in [-0.2, -0.15) is 0 Å². The van der Waals surface area contributed by atoms with E-state index in [-0.39, 0.29) is 5.56 Å². The van der Waals surface area contributed by atoms with Gasteiger partial charge in [-0.25, -0.2) is 9.97 Å². The minimum Gasteiger partial charge on any atom is -0.331 e. The van der Waals surface area contributed by atoms with Crippen LogP contribution in [0.25, 0.3) is 11.5 Å². The van der Waals surface area contributed by atoms with Gasteiger partial charge in [0.05, 0.1) is 18.2 Å². The molecule has 0 radical (unpaired) electrons. The molecule has 1 N–H and O–H groups in total. The van der Waals surface area contributed by atoms with E-state index < -0.39 is 0 Å². The molecule has 2 aromatic rings. The molecule has 0 amide bonds. The molecular formula is C9H9BrN4O. The van der Waals surface area contributed by atoms with Crippen LogP contribution in [0.2, 0.25) is 0 Å². The highest BCUT2D eigenvalue weighted by molar-refractivity contribution is 9.10. The molecule has 0 aromatic carbocycles. The number of imidazole rings is 1. The molecule has 15 heavy (non-hydrogen) atoms. The van der Waals surface area contributed by atoms with Crippen molar-refractivity contribution in [2.45, 2.75) is 6.92 Å². The summed E-state index contributed by atoms with van der Waals surface area (Å²) >= 11 is 3.17. The van der Waals surface area contributed by atoms with Crippen molar-refractivity contribution in [1.29, 1.82) is 0 Å². The van der Waals surface area contributed by atoms with Gasteiger partial charge in [0.2, 0.25) is 0 Å². The minimum absolute atomic E-state index is 0.182. The van der Waals surface area contributed by atoms with E-state index in [2.05, 4.69) is 30.9 Å². The number of H-pyrrole nitrogens is 1. The van der Waals surface area contributed by atoms with Gasteiger partial charge in [0.25, 0.3) is 5.56 Å². The lowest BCUT2D eigenvalue weighted by Crippen LogP contribution is -2.12. The van der Waals surface area contributed by atoms with Gasteiger partial charge >= 0.3 is 0 Å². The molecule has 0 spiro atoms. The van der Waals surface area contributed by atoms with E-state index in [1.807, 2.05) is 7.05 Å². The van der Waals surface area contributed by atoms with Crippen LogP contribution in [0.4, 0.5) is 0 Å². The Hall–Kier alpha value is -1.43. The summed E-state index contributed by atoms with van der Waals surface area (Å²) in [7, 11) is 1.85. The van der Waals surface area contributed by atoms with Crippen molar-refractivity contribution in [3.63, 3.8) is 0 Å². The Morgan fingerprint density at radius 1 is 1.53 bits per heavy atom. The molecule has 0 aliphatic heterocycles. The first-order valence-corrected chi connectivity index (χ1v) is 5.12. The summed E-state index contributed by atoms with van der Waals surface area (Å²) in [6, 6.07) is 0. The van der Waals surface area contributed by atoms with Crippen molar-refractivity contribution >= 4 is 15.9 Å². The fourth-order valence-electron chi connectivity index (χ4n) is 1.28. The van der Waals surface area contributed by atoms with Crippen LogP contribution in [-0.4, -0.2) is 19.5 Å². The maximum Gasteiger partial charge on any atom is 0.265 e. The highest BCUT2D eigenvalue weighted by atomic mass is 79.9. The SMILES string of the molecule is Cc1nc(-c2cncn2C)[nH]c(=O)c1Br. The second-order valence-corrected chi connectivity index (χ2v) is 4.00. The smallest absolute Gasteiger partial charge is 0.265 e. The highest BCUT2D eigenvalue weighted by Crippen LogP contribution is 2.14. The number of aromatic nitrogens is 4. The summed E-state index contributed by atoms with van der Waals surface area (Å²) in [6.07, 6.45) is 3.32. The van der Waals surface area contributed by atoms with Crippen LogP contribution in [0.3, 0.4) is 0 Å². The standard InChI is InChI=1S/C9H9BrN4O/c1-5-7(10)9(15)13-8(12-5)6-3-11-4-14(6)2/h3-4H,1-2H3,(H,12,13,15). The van der Waals surface area contributed by atoms with Crippen LogP contribution in [0.1, 0.15) is 5.69 Å². The molecule has 0 saturated heterocycles. The number of rotatable bonds is 1. The molecular weight excluding hydrogens is 260 g/mol. The first kappa shape index (κ1) is 10.1. The van der Waals surface area contributed by atoms with Crippen molar-refractivity contribution in [2.75, 3.05) is 0 Å². The van der Waals surface area contributed by atoms with E-state index in [0.717, 1.165) is 5.69 Å². The molecule has 0 fully saturated rings. The van der Waals surface area contributed by atoms with Gasteiger partial charge in [0.15, 0.2) is 5.82 Å². The van der Waals surface area contributed by atoms with Crippen LogP contribution in [0.5, 0.6) is 0 Å². The predicted octanol–water partition coefficient (Wildman–Crippen LogP) is 1.24. The molecule has 6 heteroatoms. The molecule has 0 bridgehead atoms. The zero-order chi connectivity index (χ0) is 11.0. The molecule has 0 aliphatic rings. The summed E-state index contributed by atoms with van der Waals surface area (Å²) in [4.78, 5) is 22.4. The molecule has 2 aromatic heterocycles. The second kappa shape index (κ2) is 3.62. The topological polar surface area (TPSA) is 63.6 Å². The number of aromatic amines is 1. The maximum atomic E-state index is 11.5. The van der Waals surface area contributed by atoms with E-state index in [1.54, 1.807) is 24.0 Å². The lowest BCUT2D eigenvalue weighted by atomic mass is 10.4. The van der Waals surface area contributed by atoms with Gasteiger partial charge in [0.1, 0.15) is 10.2 Å². The first-order chi connectivity index (χ1) is 7.09. The monoisotopic (exact) mass is 268 g/mol. The molecule has 78 valence electrons. The largest absolute Gasteiger partial charge is 0.331 e. The Kier molecular flexibility index (Phi) is 2.44. The summed E-state index contributed by atoms with van der Waals surface area (Å²) < 4.78 is 2.26. The van der Waals surface area contributed by atoms with Crippen molar-refractivity contribution < 1.29 is 0 Å². The van der Waals surface area contributed by atoms with Gasteiger partial charge in [-0.15, -0.1) is 0 Å².